The van der Waals surface area contributed by atoms with Crippen LogP contribution in [0.4, 0.5) is 11.4 Å². The standard InChI is InChI=1S/C28H20N2/c1-3-7-25-17-21(9-11-23(25)5-1)19-29-27-13-15-28(16-14-27)30-20-22-10-12-24-6-2-4-8-26(24)18-22/h1-20H. The van der Waals surface area contributed by atoms with Crippen LogP contribution in [0.25, 0.3) is 21.5 Å². The summed E-state index contributed by atoms with van der Waals surface area (Å²) in [6, 6.07) is 37.4. The molecular formula is C28H20N2. The first kappa shape index (κ1) is 18.0. The van der Waals surface area contributed by atoms with Crippen LogP contribution in [-0.2, 0) is 0 Å². The molecule has 5 aromatic rings. The lowest BCUT2D eigenvalue weighted by Crippen LogP contribution is -1.82. The minimum atomic E-state index is 0.910. The second kappa shape index (κ2) is 8.14. The lowest BCUT2D eigenvalue weighted by atomic mass is 10.1. The molecule has 0 saturated carbocycles. The van der Waals surface area contributed by atoms with Crippen LogP contribution in [0.3, 0.4) is 0 Å². The van der Waals surface area contributed by atoms with Crippen molar-refractivity contribution < 1.29 is 0 Å². The summed E-state index contributed by atoms with van der Waals surface area (Å²) in [5.74, 6) is 0. The van der Waals surface area contributed by atoms with Gasteiger partial charge in [0.15, 0.2) is 0 Å². The summed E-state index contributed by atoms with van der Waals surface area (Å²) in [5, 5.41) is 4.92. The number of rotatable bonds is 4. The molecule has 5 aromatic carbocycles. The molecule has 0 aliphatic rings. The van der Waals surface area contributed by atoms with Crippen molar-refractivity contribution in [3.8, 4) is 0 Å². The van der Waals surface area contributed by atoms with E-state index in [1.807, 2.05) is 36.7 Å². The third kappa shape index (κ3) is 4.03. The van der Waals surface area contributed by atoms with Gasteiger partial charge in [0.05, 0.1) is 11.4 Å². The van der Waals surface area contributed by atoms with Crippen LogP contribution in [0.2, 0.25) is 0 Å². The first-order valence-corrected chi connectivity index (χ1v) is 9.99. The van der Waals surface area contributed by atoms with Gasteiger partial charge in [-0.1, -0.05) is 72.8 Å². The Hall–Kier alpha value is -4.04. The molecule has 0 bridgehead atoms. The summed E-state index contributed by atoms with van der Waals surface area (Å²) in [5.41, 5.74) is 4.00. The van der Waals surface area contributed by atoms with Crippen LogP contribution < -0.4 is 0 Å². The largest absolute Gasteiger partial charge is 0.256 e. The van der Waals surface area contributed by atoms with Gasteiger partial charge in [0, 0.05) is 12.4 Å². The molecule has 0 aromatic heterocycles. The van der Waals surface area contributed by atoms with E-state index in [4.69, 9.17) is 0 Å². The highest BCUT2D eigenvalue weighted by Gasteiger charge is 1.96. The highest BCUT2D eigenvalue weighted by molar-refractivity contribution is 5.92. The molecule has 0 aliphatic heterocycles. The zero-order chi connectivity index (χ0) is 20.2. The minimum Gasteiger partial charge on any atom is -0.256 e. The Kier molecular flexibility index (Phi) is 4.89. The van der Waals surface area contributed by atoms with E-state index >= 15 is 0 Å². The Morgan fingerprint density at radius 1 is 0.400 bits per heavy atom. The molecule has 2 nitrogen and oxygen atoms in total. The van der Waals surface area contributed by atoms with Crippen LogP contribution in [0, 0.1) is 0 Å². The third-order valence-electron chi connectivity index (χ3n) is 5.12. The Labute approximate surface area is 175 Å². The average Bonchev–Trinajstić information content (AvgIpc) is 2.82. The molecule has 0 N–H and O–H groups in total. The van der Waals surface area contributed by atoms with Crippen LogP contribution in [-0.4, -0.2) is 12.4 Å². The van der Waals surface area contributed by atoms with Gasteiger partial charge < -0.3 is 0 Å². The van der Waals surface area contributed by atoms with Crippen LogP contribution in [0.5, 0.6) is 0 Å². The van der Waals surface area contributed by atoms with E-state index in [2.05, 4.69) is 94.9 Å². The van der Waals surface area contributed by atoms with Crippen molar-refractivity contribution in [3.05, 3.63) is 120 Å². The summed E-state index contributed by atoms with van der Waals surface area (Å²) < 4.78 is 0. The zero-order valence-electron chi connectivity index (χ0n) is 16.4. The van der Waals surface area contributed by atoms with Crippen molar-refractivity contribution in [1.29, 1.82) is 0 Å². The second-order valence-corrected chi connectivity index (χ2v) is 7.25. The maximum atomic E-state index is 4.60. The predicted molar refractivity (Wildman–Crippen MR) is 129 cm³/mol. The van der Waals surface area contributed by atoms with Gasteiger partial charge in [0.2, 0.25) is 0 Å². The van der Waals surface area contributed by atoms with Crippen LogP contribution in [0.1, 0.15) is 11.1 Å². The van der Waals surface area contributed by atoms with Gasteiger partial charge in [-0.15, -0.1) is 0 Å². The van der Waals surface area contributed by atoms with E-state index in [1.54, 1.807) is 0 Å². The van der Waals surface area contributed by atoms with Crippen molar-refractivity contribution in [2.24, 2.45) is 9.98 Å². The third-order valence-corrected chi connectivity index (χ3v) is 5.12. The molecule has 0 heterocycles. The number of fused-ring (bicyclic) bond motifs is 2. The first-order valence-electron chi connectivity index (χ1n) is 9.99. The van der Waals surface area contributed by atoms with Crippen LogP contribution in [0.15, 0.2) is 119 Å². The molecule has 30 heavy (non-hydrogen) atoms. The summed E-state index contributed by atoms with van der Waals surface area (Å²) in [6.45, 7) is 0. The fourth-order valence-corrected chi connectivity index (χ4v) is 3.50. The van der Waals surface area contributed by atoms with Gasteiger partial charge in [-0.05, 0) is 69.1 Å². The molecule has 0 radical (unpaired) electrons. The summed E-state index contributed by atoms with van der Waals surface area (Å²) in [6.07, 6.45) is 3.81. The fourth-order valence-electron chi connectivity index (χ4n) is 3.50. The van der Waals surface area contributed by atoms with E-state index in [-0.39, 0.29) is 0 Å². The van der Waals surface area contributed by atoms with Gasteiger partial charge in [0.1, 0.15) is 0 Å². The quantitative estimate of drug-likeness (QED) is 0.287. The first-order chi connectivity index (χ1) is 14.8. The molecule has 0 unspecified atom stereocenters. The van der Waals surface area contributed by atoms with Crippen molar-refractivity contribution in [2.75, 3.05) is 0 Å². The number of aliphatic imine (C=N–C) groups is 2. The molecule has 5 rings (SSSR count). The van der Waals surface area contributed by atoms with Gasteiger partial charge in [-0.25, -0.2) is 0 Å². The lowest BCUT2D eigenvalue weighted by molar-refractivity contribution is 1.48. The second-order valence-electron chi connectivity index (χ2n) is 7.25. The SMILES string of the molecule is C(=Nc1ccc(N=Cc2ccc3ccccc3c2)cc1)c1ccc2ccccc2c1. The van der Waals surface area contributed by atoms with Gasteiger partial charge in [-0.3, -0.25) is 9.98 Å². The highest BCUT2D eigenvalue weighted by atomic mass is 14.7. The van der Waals surface area contributed by atoms with Crippen molar-refractivity contribution in [2.45, 2.75) is 0 Å². The maximum absolute atomic E-state index is 4.60. The fraction of sp³-hybridized carbons (Fsp3) is 0. The molecule has 142 valence electrons. The molecule has 0 saturated heterocycles. The van der Waals surface area contributed by atoms with Gasteiger partial charge in [-0.2, -0.15) is 0 Å². The van der Waals surface area contributed by atoms with E-state index in [9.17, 15) is 0 Å². The van der Waals surface area contributed by atoms with Crippen molar-refractivity contribution >= 4 is 45.3 Å². The Balaban J connectivity index is 1.30. The molecule has 0 aliphatic carbocycles. The zero-order valence-corrected chi connectivity index (χ0v) is 16.4. The summed E-state index contributed by atoms with van der Waals surface area (Å²) >= 11 is 0. The molecular weight excluding hydrogens is 364 g/mol. The number of hydrogen-bond acceptors (Lipinski definition) is 2. The van der Waals surface area contributed by atoms with E-state index in [1.165, 1.54) is 21.5 Å². The number of hydrogen-bond donors (Lipinski definition) is 0. The normalized spacial score (nSPS) is 11.7. The van der Waals surface area contributed by atoms with Crippen LogP contribution >= 0.6 is 0 Å². The highest BCUT2D eigenvalue weighted by Crippen LogP contribution is 2.20. The maximum Gasteiger partial charge on any atom is 0.0631 e. The Bertz CT molecular complexity index is 1270. The minimum absolute atomic E-state index is 0.910. The molecule has 0 atom stereocenters. The average molecular weight is 384 g/mol. The number of nitrogens with zero attached hydrogens (tertiary/aromatic N) is 2. The van der Waals surface area contributed by atoms with Gasteiger partial charge >= 0.3 is 0 Å². The Morgan fingerprint density at radius 3 is 1.23 bits per heavy atom. The molecule has 2 heteroatoms. The topological polar surface area (TPSA) is 24.7 Å². The predicted octanol–water partition coefficient (Wildman–Crippen LogP) is 7.49. The summed E-state index contributed by atoms with van der Waals surface area (Å²) in [4.78, 5) is 9.20. The van der Waals surface area contributed by atoms with E-state index in [0.29, 0.717) is 0 Å². The molecule has 0 fully saturated rings. The smallest absolute Gasteiger partial charge is 0.0631 e. The Morgan fingerprint density at radius 2 is 0.800 bits per heavy atom. The summed E-state index contributed by atoms with van der Waals surface area (Å²) in [7, 11) is 0. The number of benzene rings is 5. The van der Waals surface area contributed by atoms with Crippen molar-refractivity contribution in [1.82, 2.24) is 0 Å². The van der Waals surface area contributed by atoms with Crippen molar-refractivity contribution in [3.63, 3.8) is 0 Å². The van der Waals surface area contributed by atoms with Gasteiger partial charge in [0.25, 0.3) is 0 Å². The van der Waals surface area contributed by atoms with E-state index in [0.717, 1.165) is 22.5 Å². The molecule has 0 amide bonds. The molecule has 0 spiro atoms. The monoisotopic (exact) mass is 384 g/mol. The van der Waals surface area contributed by atoms with E-state index < -0.39 is 0 Å². The lowest BCUT2D eigenvalue weighted by Gasteiger charge is -2.00.